The average Bonchev–Trinajstić information content (AvgIpc) is 3.09. The van der Waals surface area contributed by atoms with Gasteiger partial charge in [-0.15, -0.1) is 0 Å². The number of phenolic OH excluding ortho intramolecular Hbond substituents is 2. The summed E-state index contributed by atoms with van der Waals surface area (Å²) in [5.41, 5.74) is 1.41. The van der Waals surface area contributed by atoms with E-state index in [9.17, 15) is 14.7 Å². The van der Waals surface area contributed by atoms with Gasteiger partial charge in [0.05, 0.1) is 19.1 Å². The number of aryl methyl sites for hydroxylation is 1. The van der Waals surface area contributed by atoms with Crippen molar-refractivity contribution in [2.24, 2.45) is 0 Å². The highest BCUT2D eigenvalue weighted by atomic mass is 16.5. The van der Waals surface area contributed by atoms with Gasteiger partial charge >= 0.3 is 11.6 Å². The molecule has 0 amide bonds. The second kappa shape index (κ2) is 9.68. The van der Waals surface area contributed by atoms with Gasteiger partial charge in [-0.2, -0.15) is 0 Å². The number of rotatable bonds is 4. The number of furan rings is 1. The van der Waals surface area contributed by atoms with Crippen molar-refractivity contribution in [3.63, 3.8) is 0 Å². The third-order valence-electron chi connectivity index (χ3n) is 4.92. The van der Waals surface area contributed by atoms with E-state index >= 15 is 0 Å². The van der Waals surface area contributed by atoms with Gasteiger partial charge in [-0.05, 0) is 37.6 Å². The van der Waals surface area contributed by atoms with Crippen molar-refractivity contribution in [1.29, 1.82) is 0 Å². The quantitative estimate of drug-likeness (QED) is 0.317. The highest BCUT2D eigenvalue weighted by Crippen LogP contribution is 2.38. The number of benzene rings is 2. The molecule has 2 aromatic heterocycles. The second-order valence-corrected chi connectivity index (χ2v) is 7.67. The van der Waals surface area contributed by atoms with E-state index in [1.807, 2.05) is 19.9 Å². The highest BCUT2D eigenvalue weighted by molar-refractivity contribution is 5.97. The summed E-state index contributed by atoms with van der Waals surface area (Å²) in [6.07, 6.45) is 0. The number of hydrogen-bond acceptors (Lipinski definition) is 8. The molecular formula is C25H26O8. The largest absolute Gasteiger partial charge is 0.508 e. The number of ether oxygens (including phenoxy) is 2. The molecule has 0 aliphatic heterocycles. The first-order valence-corrected chi connectivity index (χ1v) is 10.4. The van der Waals surface area contributed by atoms with Gasteiger partial charge in [0.2, 0.25) is 0 Å². The summed E-state index contributed by atoms with van der Waals surface area (Å²) in [6, 6.07) is 9.31. The molecule has 2 heterocycles. The molecule has 33 heavy (non-hydrogen) atoms. The minimum atomic E-state index is -0.581. The molecule has 2 aromatic carbocycles. The zero-order valence-corrected chi connectivity index (χ0v) is 19.1. The molecule has 2 N–H and O–H groups in total. The Hall–Kier alpha value is -3.94. The Morgan fingerprint density at radius 3 is 2.39 bits per heavy atom. The van der Waals surface area contributed by atoms with Crippen LogP contribution in [-0.2, 0) is 4.74 Å². The van der Waals surface area contributed by atoms with Crippen LogP contribution in [0.1, 0.15) is 48.4 Å². The average molecular weight is 454 g/mol. The smallest absolute Gasteiger partial charge is 0.342 e. The maximum Gasteiger partial charge on any atom is 0.342 e. The molecule has 0 unspecified atom stereocenters. The number of hydrogen-bond donors (Lipinski definition) is 2. The van der Waals surface area contributed by atoms with Gasteiger partial charge in [-0.3, -0.25) is 0 Å². The molecule has 0 bridgehead atoms. The Morgan fingerprint density at radius 2 is 1.79 bits per heavy atom. The van der Waals surface area contributed by atoms with E-state index in [4.69, 9.17) is 23.4 Å². The SMILES string of the molecule is CCOC(=O)c1c(C)cc(O)cc1O.COc1c(C(C)C)oc2cc3oc(=O)ccc3cc12. The zero-order valence-electron chi connectivity index (χ0n) is 19.1. The van der Waals surface area contributed by atoms with E-state index < -0.39 is 5.97 Å². The summed E-state index contributed by atoms with van der Waals surface area (Å²) in [7, 11) is 1.63. The van der Waals surface area contributed by atoms with Crippen molar-refractivity contribution in [2.75, 3.05) is 13.7 Å². The van der Waals surface area contributed by atoms with Gasteiger partial charge in [0, 0.05) is 29.5 Å². The van der Waals surface area contributed by atoms with Crippen LogP contribution in [0.5, 0.6) is 17.2 Å². The van der Waals surface area contributed by atoms with Gasteiger partial charge in [0.15, 0.2) is 5.75 Å². The van der Waals surface area contributed by atoms with Crippen LogP contribution < -0.4 is 10.4 Å². The maximum absolute atomic E-state index is 11.3. The molecule has 174 valence electrons. The molecule has 0 radical (unpaired) electrons. The predicted molar refractivity (Wildman–Crippen MR) is 123 cm³/mol. The lowest BCUT2D eigenvalue weighted by Gasteiger charge is -2.07. The van der Waals surface area contributed by atoms with Crippen molar-refractivity contribution in [2.45, 2.75) is 33.6 Å². The van der Waals surface area contributed by atoms with Crippen LogP contribution >= 0.6 is 0 Å². The Kier molecular flexibility index (Phi) is 6.96. The first-order chi connectivity index (χ1) is 15.7. The third-order valence-corrected chi connectivity index (χ3v) is 4.92. The van der Waals surface area contributed by atoms with Gasteiger partial charge in [0.1, 0.15) is 34.0 Å². The number of fused-ring (bicyclic) bond motifs is 2. The van der Waals surface area contributed by atoms with Gasteiger partial charge in [0.25, 0.3) is 0 Å². The molecule has 0 fully saturated rings. The van der Waals surface area contributed by atoms with E-state index in [1.165, 1.54) is 12.1 Å². The monoisotopic (exact) mass is 454 g/mol. The molecule has 0 saturated heterocycles. The Balaban J connectivity index is 0.000000196. The summed E-state index contributed by atoms with van der Waals surface area (Å²) < 4.78 is 21.2. The van der Waals surface area contributed by atoms with Gasteiger partial charge in [-0.25, -0.2) is 9.59 Å². The molecule has 8 nitrogen and oxygen atoms in total. The molecule has 0 spiro atoms. The van der Waals surface area contributed by atoms with Crippen molar-refractivity contribution < 1.29 is 33.3 Å². The first-order valence-electron chi connectivity index (χ1n) is 10.4. The molecule has 0 saturated carbocycles. The summed E-state index contributed by atoms with van der Waals surface area (Å²) in [4.78, 5) is 22.6. The number of phenols is 2. The van der Waals surface area contributed by atoms with Crippen molar-refractivity contribution >= 4 is 27.9 Å². The maximum atomic E-state index is 11.3. The van der Waals surface area contributed by atoms with E-state index in [1.54, 1.807) is 33.1 Å². The first kappa shape index (κ1) is 23.7. The Labute approximate surface area is 190 Å². The van der Waals surface area contributed by atoms with Crippen LogP contribution in [0.25, 0.3) is 21.9 Å². The Morgan fingerprint density at radius 1 is 1.06 bits per heavy atom. The molecule has 0 aliphatic carbocycles. The topological polar surface area (TPSA) is 119 Å². The van der Waals surface area contributed by atoms with Crippen LogP contribution in [-0.4, -0.2) is 29.9 Å². The lowest BCUT2D eigenvalue weighted by atomic mass is 10.1. The lowest BCUT2D eigenvalue weighted by molar-refractivity contribution is 0.0522. The summed E-state index contributed by atoms with van der Waals surface area (Å²) in [5, 5.41) is 20.3. The van der Waals surface area contributed by atoms with Gasteiger partial charge in [-0.1, -0.05) is 13.8 Å². The zero-order chi connectivity index (χ0) is 24.3. The summed E-state index contributed by atoms with van der Waals surface area (Å²) in [6.45, 7) is 7.63. The highest BCUT2D eigenvalue weighted by Gasteiger charge is 2.19. The predicted octanol–water partition coefficient (Wildman–Crippen LogP) is 5.25. The summed E-state index contributed by atoms with van der Waals surface area (Å²) in [5.74, 6) is 0.849. The minimum absolute atomic E-state index is 0.0759. The molecule has 0 aliphatic rings. The lowest BCUT2D eigenvalue weighted by Crippen LogP contribution is -2.06. The molecule has 8 heteroatoms. The molecule has 0 atom stereocenters. The fourth-order valence-electron chi connectivity index (χ4n) is 3.47. The Bertz CT molecular complexity index is 1340. The third kappa shape index (κ3) is 4.95. The number of carbonyl (C=O) groups is 1. The van der Waals surface area contributed by atoms with E-state index in [2.05, 4.69) is 0 Å². The number of aromatic hydroxyl groups is 2. The van der Waals surface area contributed by atoms with E-state index in [-0.39, 0.29) is 35.2 Å². The number of methoxy groups -OCH3 is 1. The van der Waals surface area contributed by atoms with Crippen molar-refractivity contribution in [3.8, 4) is 17.2 Å². The summed E-state index contributed by atoms with van der Waals surface area (Å²) >= 11 is 0. The number of carbonyl (C=O) groups excluding carboxylic acids is 1. The van der Waals surface area contributed by atoms with Crippen LogP contribution in [0.3, 0.4) is 0 Å². The van der Waals surface area contributed by atoms with Crippen molar-refractivity contribution in [1.82, 2.24) is 0 Å². The van der Waals surface area contributed by atoms with Gasteiger partial charge < -0.3 is 28.5 Å². The molecule has 4 aromatic rings. The van der Waals surface area contributed by atoms with E-state index in [0.717, 1.165) is 28.3 Å². The fourth-order valence-corrected chi connectivity index (χ4v) is 3.47. The standard InChI is InChI=1S/C15H14O4.C10H12O4/c1-8(2)14-15(17-3)10-6-9-4-5-13(16)18-11(9)7-12(10)19-14;1-3-14-10(13)9-6(2)4-7(11)5-8(9)12/h4-8H,1-3H3;4-5,11-12H,3H2,1-2H3. The molecular weight excluding hydrogens is 428 g/mol. The van der Waals surface area contributed by atoms with Crippen LogP contribution in [0, 0.1) is 6.92 Å². The fraction of sp³-hybridized carbons (Fsp3) is 0.280. The van der Waals surface area contributed by atoms with E-state index in [0.29, 0.717) is 16.7 Å². The molecule has 4 rings (SSSR count). The normalized spacial score (nSPS) is 10.8. The van der Waals surface area contributed by atoms with Crippen LogP contribution in [0.2, 0.25) is 0 Å². The minimum Gasteiger partial charge on any atom is -0.508 e. The number of esters is 1. The van der Waals surface area contributed by atoms with Crippen LogP contribution in [0.15, 0.2) is 50.0 Å². The second-order valence-electron chi connectivity index (χ2n) is 7.67. The van der Waals surface area contributed by atoms with Crippen molar-refractivity contribution in [3.05, 3.63) is 63.7 Å². The van der Waals surface area contributed by atoms with Crippen LogP contribution in [0.4, 0.5) is 0 Å².